The molecule has 1 fully saturated rings. The first-order chi connectivity index (χ1) is 10.7. The zero-order valence-corrected chi connectivity index (χ0v) is 12.4. The van der Waals surface area contributed by atoms with Crippen LogP contribution in [0.4, 0.5) is 0 Å². The standard InChI is InChI=1S/C16H17N5O/c1-11-5-4-8-13(9-11)21-15-14(18-19-21)16(22)20(10-17-15)12-6-2-3-7-12/h4-5,8-10,12H,2-3,6-7H2,1H3. The van der Waals surface area contributed by atoms with E-state index in [1.54, 1.807) is 15.6 Å². The van der Waals surface area contributed by atoms with Crippen LogP contribution >= 0.6 is 0 Å². The summed E-state index contributed by atoms with van der Waals surface area (Å²) in [5.74, 6) is 0. The third-order valence-corrected chi connectivity index (χ3v) is 4.35. The first-order valence-electron chi connectivity index (χ1n) is 7.63. The number of nitrogens with zero attached hydrogens (tertiary/aromatic N) is 5. The van der Waals surface area contributed by atoms with Gasteiger partial charge in [0.1, 0.15) is 6.33 Å². The van der Waals surface area contributed by atoms with Gasteiger partial charge in [-0.2, -0.15) is 4.68 Å². The van der Waals surface area contributed by atoms with Crippen LogP contribution in [0.3, 0.4) is 0 Å². The van der Waals surface area contributed by atoms with Gasteiger partial charge in [-0.15, -0.1) is 5.10 Å². The molecule has 0 aliphatic heterocycles. The maximum absolute atomic E-state index is 12.6. The van der Waals surface area contributed by atoms with Gasteiger partial charge in [0.05, 0.1) is 5.69 Å². The quantitative estimate of drug-likeness (QED) is 0.728. The van der Waals surface area contributed by atoms with E-state index in [1.165, 1.54) is 12.8 Å². The predicted molar refractivity (Wildman–Crippen MR) is 83.2 cm³/mol. The summed E-state index contributed by atoms with van der Waals surface area (Å²) in [6, 6.07) is 8.17. The van der Waals surface area contributed by atoms with Crippen molar-refractivity contribution in [3.05, 3.63) is 46.5 Å². The fourth-order valence-electron chi connectivity index (χ4n) is 3.20. The predicted octanol–water partition coefficient (Wildman–Crippen LogP) is 2.40. The van der Waals surface area contributed by atoms with Gasteiger partial charge < -0.3 is 0 Å². The van der Waals surface area contributed by atoms with Crippen LogP contribution in [-0.4, -0.2) is 24.5 Å². The first kappa shape index (κ1) is 13.2. The van der Waals surface area contributed by atoms with E-state index in [9.17, 15) is 4.79 Å². The number of fused-ring (bicyclic) bond motifs is 1. The lowest BCUT2D eigenvalue weighted by Gasteiger charge is -2.12. The Bertz CT molecular complexity index is 889. The van der Waals surface area contributed by atoms with Crippen molar-refractivity contribution in [2.45, 2.75) is 38.6 Å². The van der Waals surface area contributed by atoms with Gasteiger partial charge in [0.15, 0.2) is 11.2 Å². The molecule has 6 nitrogen and oxygen atoms in total. The summed E-state index contributed by atoms with van der Waals surface area (Å²) in [5.41, 5.74) is 2.77. The number of rotatable bonds is 2. The lowest BCUT2D eigenvalue weighted by atomic mass is 10.2. The Labute approximate surface area is 127 Å². The summed E-state index contributed by atoms with van der Waals surface area (Å²) in [5, 5.41) is 8.20. The van der Waals surface area contributed by atoms with Crippen LogP contribution in [0.5, 0.6) is 0 Å². The zero-order valence-electron chi connectivity index (χ0n) is 12.4. The molecule has 0 amide bonds. The Balaban J connectivity index is 1.87. The van der Waals surface area contributed by atoms with Gasteiger partial charge in [0.25, 0.3) is 5.56 Å². The molecule has 112 valence electrons. The van der Waals surface area contributed by atoms with Crippen molar-refractivity contribution in [1.29, 1.82) is 0 Å². The van der Waals surface area contributed by atoms with Crippen LogP contribution in [0.2, 0.25) is 0 Å². The second-order valence-corrected chi connectivity index (χ2v) is 5.91. The van der Waals surface area contributed by atoms with Gasteiger partial charge in [0, 0.05) is 6.04 Å². The third kappa shape index (κ3) is 2.03. The van der Waals surface area contributed by atoms with E-state index in [4.69, 9.17) is 0 Å². The molecule has 0 bridgehead atoms. The van der Waals surface area contributed by atoms with Gasteiger partial charge in [-0.05, 0) is 37.5 Å². The molecule has 0 saturated heterocycles. The summed E-state index contributed by atoms with van der Waals surface area (Å²) in [4.78, 5) is 17.1. The van der Waals surface area contributed by atoms with Crippen molar-refractivity contribution in [3.63, 3.8) is 0 Å². The summed E-state index contributed by atoms with van der Waals surface area (Å²) in [6.45, 7) is 2.02. The molecule has 22 heavy (non-hydrogen) atoms. The van der Waals surface area contributed by atoms with E-state index in [0.717, 1.165) is 24.1 Å². The summed E-state index contributed by atoms with van der Waals surface area (Å²) in [7, 11) is 0. The molecule has 3 aromatic rings. The minimum Gasteiger partial charge on any atom is -0.294 e. The summed E-state index contributed by atoms with van der Waals surface area (Å²) < 4.78 is 3.35. The molecule has 0 N–H and O–H groups in total. The molecule has 4 rings (SSSR count). The molecular formula is C16H17N5O. The number of benzene rings is 1. The molecule has 1 saturated carbocycles. The fraction of sp³-hybridized carbons (Fsp3) is 0.375. The van der Waals surface area contributed by atoms with Crippen molar-refractivity contribution in [3.8, 4) is 5.69 Å². The highest BCUT2D eigenvalue weighted by Crippen LogP contribution is 2.28. The van der Waals surface area contributed by atoms with Gasteiger partial charge in [-0.3, -0.25) is 9.36 Å². The lowest BCUT2D eigenvalue weighted by Crippen LogP contribution is -2.24. The van der Waals surface area contributed by atoms with Crippen LogP contribution < -0.4 is 5.56 Å². The largest absolute Gasteiger partial charge is 0.294 e. The van der Waals surface area contributed by atoms with E-state index in [0.29, 0.717) is 11.2 Å². The maximum atomic E-state index is 12.6. The topological polar surface area (TPSA) is 65.6 Å². The molecule has 0 atom stereocenters. The van der Waals surface area contributed by atoms with Crippen molar-refractivity contribution < 1.29 is 0 Å². The zero-order chi connectivity index (χ0) is 15.1. The van der Waals surface area contributed by atoms with Crippen LogP contribution in [-0.2, 0) is 0 Å². The second-order valence-electron chi connectivity index (χ2n) is 5.91. The Morgan fingerprint density at radius 2 is 2.05 bits per heavy atom. The van der Waals surface area contributed by atoms with Crippen LogP contribution in [0.25, 0.3) is 16.9 Å². The number of hydrogen-bond acceptors (Lipinski definition) is 4. The first-order valence-corrected chi connectivity index (χ1v) is 7.63. The van der Waals surface area contributed by atoms with Crippen molar-refractivity contribution in [1.82, 2.24) is 24.5 Å². The molecule has 2 heterocycles. The molecular weight excluding hydrogens is 278 g/mol. The van der Waals surface area contributed by atoms with E-state index in [1.807, 2.05) is 31.2 Å². The van der Waals surface area contributed by atoms with E-state index in [2.05, 4.69) is 15.3 Å². The normalized spacial score (nSPS) is 15.7. The molecule has 0 radical (unpaired) electrons. The monoisotopic (exact) mass is 295 g/mol. The van der Waals surface area contributed by atoms with Crippen molar-refractivity contribution in [2.75, 3.05) is 0 Å². The molecule has 1 aliphatic carbocycles. The average Bonchev–Trinajstić information content (AvgIpc) is 3.17. The van der Waals surface area contributed by atoms with Gasteiger partial charge >= 0.3 is 0 Å². The molecule has 2 aromatic heterocycles. The van der Waals surface area contributed by atoms with E-state index >= 15 is 0 Å². The van der Waals surface area contributed by atoms with Crippen molar-refractivity contribution in [2.24, 2.45) is 0 Å². The highest BCUT2D eigenvalue weighted by atomic mass is 16.1. The molecule has 0 unspecified atom stereocenters. The summed E-state index contributed by atoms with van der Waals surface area (Å²) >= 11 is 0. The SMILES string of the molecule is Cc1cccc(-n2nnc3c(=O)n(C4CCCC4)cnc32)c1. The lowest BCUT2D eigenvalue weighted by molar-refractivity contribution is 0.498. The number of aromatic nitrogens is 5. The Hall–Kier alpha value is -2.50. The Morgan fingerprint density at radius 1 is 1.23 bits per heavy atom. The minimum absolute atomic E-state index is 0.0872. The minimum atomic E-state index is -0.0872. The van der Waals surface area contributed by atoms with E-state index < -0.39 is 0 Å². The molecule has 0 spiro atoms. The Morgan fingerprint density at radius 3 is 2.82 bits per heavy atom. The smallest absolute Gasteiger partial charge is 0.283 e. The van der Waals surface area contributed by atoms with Gasteiger partial charge in [-0.1, -0.05) is 30.2 Å². The second kappa shape index (κ2) is 5.05. The fourth-order valence-corrected chi connectivity index (χ4v) is 3.20. The van der Waals surface area contributed by atoms with Gasteiger partial charge in [0.2, 0.25) is 0 Å². The highest BCUT2D eigenvalue weighted by molar-refractivity contribution is 5.70. The maximum Gasteiger partial charge on any atom is 0.283 e. The Kier molecular flexibility index (Phi) is 3.03. The highest BCUT2D eigenvalue weighted by Gasteiger charge is 2.21. The number of hydrogen-bond donors (Lipinski definition) is 0. The van der Waals surface area contributed by atoms with Crippen LogP contribution in [0.15, 0.2) is 35.4 Å². The molecule has 6 heteroatoms. The average molecular weight is 295 g/mol. The third-order valence-electron chi connectivity index (χ3n) is 4.35. The van der Waals surface area contributed by atoms with E-state index in [-0.39, 0.29) is 11.6 Å². The van der Waals surface area contributed by atoms with Crippen LogP contribution in [0.1, 0.15) is 37.3 Å². The number of aryl methyl sites for hydroxylation is 1. The summed E-state index contributed by atoms with van der Waals surface area (Å²) in [6.07, 6.45) is 6.07. The van der Waals surface area contributed by atoms with Gasteiger partial charge in [-0.25, -0.2) is 4.98 Å². The van der Waals surface area contributed by atoms with Crippen LogP contribution in [0, 0.1) is 6.92 Å². The molecule has 1 aromatic carbocycles. The van der Waals surface area contributed by atoms with Crippen molar-refractivity contribution >= 4 is 11.2 Å². The molecule has 1 aliphatic rings.